The molecule has 6 heteroatoms. The third kappa shape index (κ3) is 5.06. The van der Waals surface area contributed by atoms with Gasteiger partial charge in [0.15, 0.2) is 0 Å². The Morgan fingerprint density at radius 1 is 0.947 bits per heavy atom. The molecule has 0 unspecified atom stereocenters. The van der Waals surface area contributed by atoms with E-state index in [1.807, 2.05) is 0 Å². The number of carbonyl (C=O) groups is 2. The molecule has 1 fully saturated rings. The van der Waals surface area contributed by atoms with Gasteiger partial charge in [-0.2, -0.15) is 0 Å². The minimum absolute atomic E-state index is 0.204. The second kappa shape index (κ2) is 5.36. The molecule has 1 N–H and O–H groups in total. The number of nitrogens with one attached hydrogen (secondary N) is 1. The van der Waals surface area contributed by atoms with Crippen LogP contribution in [-0.2, 0) is 9.47 Å². The minimum Gasteiger partial charge on any atom is -0.443 e. The number of amides is 2. The molecule has 0 atom stereocenters. The van der Waals surface area contributed by atoms with Crippen molar-refractivity contribution in [2.75, 3.05) is 13.1 Å². The molecule has 0 aromatic rings. The number of carbonyl (C=O) groups excluding carboxylic acids is 2. The minimum atomic E-state index is -0.659. The van der Waals surface area contributed by atoms with Gasteiger partial charge in [-0.05, 0) is 41.5 Å². The lowest BCUT2D eigenvalue weighted by Gasteiger charge is -2.37. The van der Waals surface area contributed by atoms with Crippen LogP contribution < -0.4 is 5.32 Å². The van der Waals surface area contributed by atoms with Crippen molar-refractivity contribution in [2.45, 2.75) is 58.8 Å². The molecule has 0 saturated carbocycles. The van der Waals surface area contributed by atoms with Crippen molar-refractivity contribution in [1.29, 1.82) is 0 Å². The molecule has 1 aliphatic heterocycles. The van der Waals surface area contributed by atoms with Gasteiger partial charge in [-0.25, -0.2) is 14.5 Å². The van der Waals surface area contributed by atoms with Gasteiger partial charge in [-0.15, -0.1) is 0 Å². The summed E-state index contributed by atoms with van der Waals surface area (Å²) in [6.07, 6.45) is -1.32. The monoisotopic (exact) mass is 272 g/mol. The maximum atomic E-state index is 12.1. The average molecular weight is 272 g/mol. The van der Waals surface area contributed by atoms with Crippen LogP contribution in [0.2, 0.25) is 0 Å². The standard InChI is InChI=1S/C13H24N2O4/c1-12(2,3)18-10(16)15(9-7-14-8-9)11(17)19-13(4,5)6/h9,14H,7-8H2,1-6H3. The third-order valence-corrected chi connectivity index (χ3v) is 2.31. The Morgan fingerprint density at radius 2 is 1.32 bits per heavy atom. The molecule has 1 heterocycles. The Kier molecular flexibility index (Phi) is 4.45. The van der Waals surface area contributed by atoms with Crippen LogP contribution in [0.1, 0.15) is 41.5 Å². The summed E-state index contributed by atoms with van der Waals surface area (Å²) in [4.78, 5) is 25.3. The molecule has 1 rings (SSSR count). The predicted octanol–water partition coefficient (Wildman–Crippen LogP) is 2.13. The molecule has 0 bridgehead atoms. The van der Waals surface area contributed by atoms with E-state index in [2.05, 4.69) is 5.32 Å². The summed E-state index contributed by atoms with van der Waals surface area (Å²) in [6.45, 7) is 11.7. The second-order valence-electron chi connectivity index (χ2n) is 6.64. The van der Waals surface area contributed by atoms with E-state index in [-0.39, 0.29) is 6.04 Å². The van der Waals surface area contributed by atoms with Crippen molar-refractivity contribution in [3.8, 4) is 0 Å². The SMILES string of the molecule is CC(C)(C)OC(=O)N(C(=O)OC(C)(C)C)C1CNC1. The second-order valence-corrected chi connectivity index (χ2v) is 6.64. The summed E-state index contributed by atoms with van der Waals surface area (Å²) in [6, 6.07) is -0.204. The predicted molar refractivity (Wildman–Crippen MR) is 71.0 cm³/mol. The van der Waals surface area contributed by atoms with Gasteiger partial charge in [-0.3, -0.25) is 0 Å². The van der Waals surface area contributed by atoms with Gasteiger partial charge in [0.2, 0.25) is 0 Å². The fourth-order valence-corrected chi connectivity index (χ4v) is 1.45. The highest BCUT2D eigenvalue weighted by Gasteiger charge is 2.39. The smallest absolute Gasteiger partial charge is 0.420 e. The molecule has 6 nitrogen and oxygen atoms in total. The quantitative estimate of drug-likeness (QED) is 0.792. The van der Waals surface area contributed by atoms with Crippen molar-refractivity contribution in [3.63, 3.8) is 0 Å². The molecule has 0 spiro atoms. The van der Waals surface area contributed by atoms with E-state index in [9.17, 15) is 9.59 Å². The highest BCUT2D eigenvalue weighted by atomic mass is 16.6. The Labute approximate surface area is 114 Å². The Morgan fingerprint density at radius 3 is 1.53 bits per heavy atom. The fraction of sp³-hybridized carbons (Fsp3) is 0.846. The van der Waals surface area contributed by atoms with Crippen molar-refractivity contribution >= 4 is 12.2 Å². The van der Waals surface area contributed by atoms with E-state index in [0.29, 0.717) is 13.1 Å². The van der Waals surface area contributed by atoms with E-state index < -0.39 is 23.4 Å². The van der Waals surface area contributed by atoms with Gasteiger partial charge in [0.25, 0.3) is 0 Å². The molecule has 19 heavy (non-hydrogen) atoms. The van der Waals surface area contributed by atoms with E-state index >= 15 is 0 Å². The topological polar surface area (TPSA) is 67.9 Å². The van der Waals surface area contributed by atoms with Gasteiger partial charge < -0.3 is 14.8 Å². The molecule has 1 aliphatic rings. The molecule has 0 aliphatic carbocycles. The first-order valence-electron chi connectivity index (χ1n) is 6.45. The van der Waals surface area contributed by atoms with Gasteiger partial charge in [0, 0.05) is 13.1 Å². The molecule has 0 radical (unpaired) electrons. The largest absolute Gasteiger partial charge is 0.443 e. The Balaban J connectivity index is 2.77. The van der Waals surface area contributed by atoms with Crippen LogP contribution in [0.15, 0.2) is 0 Å². The summed E-state index contributed by atoms with van der Waals surface area (Å²) in [7, 11) is 0. The van der Waals surface area contributed by atoms with Crippen LogP contribution in [0, 0.1) is 0 Å². The van der Waals surface area contributed by atoms with Crippen molar-refractivity contribution in [2.24, 2.45) is 0 Å². The first-order chi connectivity index (χ1) is 8.49. The first-order valence-corrected chi connectivity index (χ1v) is 6.45. The lowest BCUT2D eigenvalue weighted by Crippen LogP contribution is -2.61. The zero-order valence-electron chi connectivity index (χ0n) is 12.6. The Bertz CT molecular complexity index is 323. The summed E-state index contributed by atoms with van der Waals surface area (Å²) in [5, 5.41) is 3.02. The lowest BCUT2D eigenvalue weighted by molar-refractivity contribution is -0.0121. The molecule has 110 valence electrons. The summed E-state index contributed by atoms with van der Waals surface area (Å²) >= 11 is 0. The highest BCUT2D eigenvalue weighted by molar-refractivity contribution is 5.88. The van der Waals surface area contributed by atoms with Crippen molar-refractivity contribution in [3.05, 3.63) is 0 Å². The molecule has 0 aromatic carbocycles. The normalized spacial score (nSPS) is 16.5. The number of rotatable bonds is 1. The van der Waals surface area contributed by atoms with Crippen LogP contribution in [-0.4, -0.2) is 47.4 Å². The average Bonchev–Trinajstić information content (AvgIpc) is 2.03. The first kappa shape index (κ1) is 15.8. The van der Waals surface area contributed by atoms with Gasteiger partial charge in [-0.1, -0.05) is 0 Å². The molecule has 2 amide bonds. The van der Waals surface area contributed by atoms with Crippen LogP contribution in [0.4, 0.5) is 9.59 Å². The number of imide groups is 1. The van der Waals surface area contributed by atoms with E-state index in [1.165, 1.54) is 0 Å². The van der Waals surface area contributed by atoms with E-state index in [0.717, 1.165) is 4.90 Å². The third-order valence-electron chi connectivity index (χ3n) is 2.31. The van der Waals surface area contributed by atoms with Gasteiger partial charge in [0.1, 0.15) is 11.2 Å². The Hall–Kier alpha value is -1.30. The molecular formula is C13H24N2O4. The molecular weight excluding hydrogens is 248 g/mol. The van der Waals surface area contributed by atoms with Crippen LogP contribution in [0.25, 0.3) is 0 Å². The van der Waals surface area contributed by atoms with Crippen LogP contribution in [0.5, 0.6) is 0 Å². The maximum Gasteiger partial charge on any atom is 0.420 e. The fourth-order valence-electron chi connectivity index (χ4n) is 1.45. The van der Waals surface area contributed by atoms with E-state index in [1.54, 1.807) is 41.5 Å². The zero-order valence-corrected chi connectivity index (χ0v) is 12.6. The summed E-state index contributed by atoms with van der Waals surface area (Å²) < 4.78 is 10.5. The molecule has 0 aromatic heterocycles. The lowest BCUT2D eigenvalue weighted by atomic mass is 10.1. The van der Waals surface area contributed by atoms with Gasteiger partial charge in [0.05, 0.1) is 6.04 Å². The number of hydrogen-bond acceptors (Lipinski definition) is 5. The summed E-state index contributed by atoms with van der Waals surface area (Å²) in [5.74, 6) is 0. The number of ether oxygens (including phenoxy) is 2. The summed E-state index contributed by atoms with van der Waals surface area (Å²) in [5.41, 5.74) is -1.29. The van der Waals surface area contributed by atoms with Gasteiger partial charge >= 0.3 is 12.2 Å². The van der Waals surface area contributed by atoms with Crippen LogP contribution >= 0.6 is 0 Å². The zero-order chi connectivity index (χ0) is 14.8. The van der Waals surface area contributed by atoms with Crippen molar-refractivity contribution in [1.82, 2.24) is 10.2 Å². The number of hydrogen-bond donors (Lipinski definition) is 1. The van der Waals surface area contributed by atoms with Crippen molar-refractivity contribution < 1.29 is 19.1 Å². The van der Waals surface area contributed by atoms with Crippen LogP contribution in [0.3, 0.4) is 0 Å². The molecule has 1 saturated heterocycles. The highest BCUT2D eigenvalue weighted by Crippen LogP contribution is 2.18. The maximum absolute atomic E-state index is 12.1. The number of nitrogens with zero attached hydrogens (tertiary/aromatic N) is 1. The van der Waals surface area contributed by atoms with E-state index in [4.69, 9.17) is 9.47 Å².